The lowest BCUT2D eigenvalue weighted by Crippen LogP contribution is -2.37. The number of nitrogens with one attached hydrogen (secondary N) is 1. The van der Waals surface area contributed by atoms with E-state index >= 15 is 0 Å². The Morgan fingerprint density at radius 2 is 1.57 bits per heavy atom. The molecule has 0 aromatic carbocycles. The third-order valence-corrected chi connectivity index (χ3v) is 3.73. The van der Waals surface area contributed by atoms with E-state index in [2.05, 4.69) is 26.1 Å². The maximum absolute atomic E-state index is 11.8. The van der Waals surface area contributed by atoms with Gasteiger partial charge in [-0.2, -0.15) is 0 Å². The van der Waals surface area contributed by atoms with Gasteiger partial charge in [-0.25, -0.2) is 0 Å². The summed E-state index contributed by atoms with van der Waals surface area (Å²) in [5.41, 5.74) is -0.240. The first-order valence-electron chi connectivity index (χ1n) is 8.92. The number of Topliss-reactive ketones (excluding diaryl/α,β-unsaturated/α-hetero) is 1. The molecule has 0 radical (unpaired) electrons. The van der Waals surface area contributed by atoms with Gasteiger partial charge in [0.2, 0.25) is 5.91 Å². The molecule has 1 amide bonds. The highest BCUT2D eigenvalue weighted by Crippen LogP contribution is 2.23. The first kappa shape index (κ1) is 22.1. The summed E-state index contributed by atoms with van der Waals surface area (Å²) in [7, 11) is 0. The minimum absolute atomic E-state index is 0.106. The van der Waals surface area contributed by atoms with Gasteiger partial charge in [0.1, 0.15) is 5.78 Å². The second-order valence-electron chi connectivity index (χ2n) is 8.29. The van der Waals surface area contributed by atoms with Gasteiger partial charge in [0.15, 0.2) is 0 Å². The Morgan fingerprint density at radius 1 is 0.957 bits per heavy atom. The molecule has 0 aliphatic carbocycles. The van der Waals surface area contributed by atoms with Crippen LogP contribution in [0.25, 0.3) is 0 Å². The van der Waals surface area contributed by atoms with Crippen molar-refractivity contribution >= 4 is 11.7 Å². The number of unbranched alkanes of at least 4 members (excludes halogenated alkanes) is 3. The van der Waals surface area contributed by atoms with E-state index in [-0.39, 0.29) is 22.5 Å². The van der Waals surface area contributed by atoms with Crippen LogP contribution in [0, 0.1) is 10.8 Å². The van der Waals surface area contributed by atoms with Gasteiger partial charge in [0.05, 0.1) is 13.2 Å². The Bertz CT molecular complexity index is 362. The average Bonchev–Trinajstić information content (AvgIpc) is 2.39. The zero-order chi connectivity index (χ0) is 17.9. The second-order valence-corrected chi connectivity index (χ2v) is 8.29. The Morgan fingerprint density at radius 3 is 2.13 bits per heavy atom. The topological polar surface area (TPSA) is 55.4 Å². The van der Waals surface area contributed by atoms with Gasteiger partial charge in [-0.05, 0) is 18.8 Å². The fraction of sp³-hybridized carbons (Fsp3) is 0.895. The molecule has 136 valence electrons. The summed E-state index contributed by atoms with van der Waals surface area (Å²) in [5, 5.41) is 3.01. The highest BCUT2D eigenvalue weighted by molar-refractivity contribution is 5.76. The van der Waals surface area contributed by atoms with Crippen LogP contribution < -0.4 is 5.32 Å². The third-order valence-electron chi connectivity index (χ3n) is 3.73. The van der Waals surface area contributed by atoms with E-state index in [4.69, 9.17) is 4.74 Å². The van der Waals surface area contributed by atoms with Gasteiger partial charge in [0.25, 0.3) is 0 Å². The Hall–Kier alpha value is -0.900. The Labute approximate surface area is 142 Å². The van der Waals surface area contributed by atoms with E-state index in [0.29, 0.717) is 32.6 Å². The molecule has 0 spiro atoms. The standard InChI is InChI=1S/C19H37NO3/c1-7-8-9-10-11-17(22)20-13-19(5,6)15-23-14-18(3,4)12-16(2)21/h7-15H2,1-6H3,(H,20,22). The van der Waals surface area contributed by atoms with Crippen LogP contribution in [0.1, 0.15) is 80.1 Å². The van der Waals surface area contributed by atoms with Crippen molar-refractivity contribution in [1.29, 1.82) is 0 Å². The molecule has 0 unspecified atom stereocenters. The number of carbonyl (C=O) groups is 2. The van der Waals surface area contributed by atoms with E-state index in [1.54, 1.807) is 6.92 Å². The molecule has 0 fully saturated rings. The zero-order valence-corrected chi connectivity index (χ0v) is 16.1. The van der Waals surface area contributed by atoms with Crippen molar-refractivity contribution in [2.75, 3.05) is 19.8 Å². The molecule has 0 saturated carbocycles. The maximum Gasteiger partial charge on any atom is 0.220 e. The van der Waals surface area contributed by atoms with E-state index in [0.717, 1.165) is 12.8 Å². The Balaban J connectivity index is 3.95. The zero-order valence-electron chi connectivity index (χ0n) is 16.1. The molecular weight excluding hydrogens is 290 g/mol. The molecule has 0 aromatic heterocycles. The van der Waals surface area contributed by atoms with E-state index in [1.165, 1.54) is 12.8 Å². The smallest absolute Gasteiger partial charge is 0.220 e. The number of carbonyl (C=O) groups excluding carboxylic acids is 2. The SMILES string of the molecule is CCCCCCC(=O)NCC(C)(C)COCC(C)(C)CC(C)=O. The van der Waals surface area contributed by atoms with Gasteiger partial charge >= 0.3 is 0 Å². The van der Waals surface area contributed by atoms with Gasteiger partial charge in [0, 0.05) is 24.8 Å². The van der Waals surface area contributed by atoms with Crippen molar-refractivity contribution in [2.45, 2.75) is 80.1 Å². The molecule has 23 heavy (non-hydrogen) atoms. The minimum atomic E-state index is -0.134. The van der Waals surface area contributed by atoms with E-state index in [9.17, 15) is 9.59 Å². The second kappa shape index (κ2) is 10.8. The lowest BCUT2D eigenvalue weighted by molar-refractivity contribution is -0.122. The lowest BCUT2D eigenvalue weighted by Gasteiger charge is -2.28. The number of hydrogen-bond donors (Lipinski definition) is 1. The van der Waals surface area contributed by atoms with Crippen LogP contribution in [0.15, 0.2) is 0 Å². The van der Waals surface area contributed by atoms with Crippen LogP contribution in [0.2, 0.25) is 0 Å². The minimum Gasteiger partial charge on any atom is -0.380 e. The summed E-state index contributed by atoms with van der Waals surface area (Å²) in [5.74, 6) is 0.319. The van der Waals surface area contributed by atoms with Crippen LogP contribution in [-0.4, -0.2) is 31.4 Å². The van der Waals surface area contributed by atoms with Crippen molar-refractivity contribution in [3.05, 3.63) is 0 Å². The molecule has 1 N–H and O–H groups in total. The molecule has 0 bridgehead atoms. The summed E-state index contributed by atoms with van der Waals surface area (Å²) >= 11 is 0. The van der Waals surface area contributed by atoms with Crippen LogP contribution in [0.4, 0.5) is 0 Å². The van der Waals surface area contributed by atoms with Gasteiger partial charge in [-0.15, -0.1) is 0 Å². The highest BCUT2D eigenvalue weighted by atomic mass is 16.5. The highest BCUT2D eigenvalue weighted by Gasteiger charge is 2.24. The number of hydrogen-bond acceptors (Lipinski definition) is 3. The predicted octanol–water partition coefficient (Wildman–Crippen LogP) is 4.12. The number of ether oxygens (including phenoxy) is 1. The third kappa shape index (κ3) is 13.3. The molecule has 4 nitrogen and oxygen atoms in total. The monoisotopic (exact) mass is 327 g/mol. The molecule has 0 atom stereocenters. The number of amides is 1. The number of rotatable bonds is 13. The van der Waals surface area contributed by atoms with Crippen LogP contribution in [-0.2, 0) is 14.3 Å². The summed E-state index contributed by atoms with van der Waals surface area (Å²) < 4.78 is 5.81. The van der Waals surface area contributed by atoms with Gasteiger partial charge in [-0.1, -0.05) is 53.9 Å². The van der Waals surface area contributed by atoms with Crippen LogP contribution in [0.5, 0.6) is 0 Å². The van der Waals surface area contributed by atoms with Crippen molar-refractivity contribution in [2.24, 2.45) is 10.8 Å². The molecule has 0 saturated heterocycles. The van der Waals surface area contributed by atoms with E-state index in [1.807, 2.05) is 13.8 Å². The quantitative estimate of drug-likeness (QED) is 0.518. The van der Waals surface area contributed by atoms with Crippen molar-refractivity contribution < 1.29 is 14.3 Å². The predicted molar refractivity (Wildman–Crippen MR) is 95.4 cm³/mol. The Kier molecular flexibility index (Phi) is 10.4. The fourth-order valence-corrected chi connectivity index (χ4v) is 2.52. The average molecular weight is 328 g/mol. The molecule has 0 rings (SSSR count). The maximum atomic E-state index is 11.8. The number of ketones is 1. The lowest BCUT2D eigenvalue weighted by atomic mass is 9.88. The van der Waals surface area contributed by atoms with Crippen molar-refractivity contribution in [1.82, 2.24) is 5.32 Å². The molecule has 0 heterocycles. The van der Waals surface area contributed by atoms with E-state index < -0.39 is 0 Å². The molecule has 0 aliphatic rings. The normalized spacial score (nSPS) is 12.3. The molecule has 0 aromatic rings. The molecule has 4 heteroatoms. The summed E-state index contributed by atoms with van der Waals surface area (Å²) in [6.45, 7) is 13.8. The van der Waals surface area contributed by atoms with Gasteiger partial charge in [-0.3, -0.25) is 4.79 Å². The molecular formula is C19H37NO3. The first-order chi connectivity index (χ1) is 10.6. The van der Waals surface area contributed by atoms with Crippen molar-refractivity contribution in [3.63, 3.8) is 0 Å². The fourth-order valence-electron chi connectivity index (χ4n) is 2.52. The van der Waals surface area contributed by atoms with Crippen molar-refractivity contribution in [3.8, 4) is 0 Å². The van der Waals surface area contributed by atoms with Gasteiger partial charge < -0.3 is 14.8 Å². The largest absolute Gasteiger partial charge is 0.380 e. The summed E-state index contributed by atoms with van der Waals surface area (Å²) in [4.78, 5) is 23.0. The molecule has 0 aliphatic heterocycles. The van der Waals surface area contributed by atoms with Crippen LogP contribution in [0.3, 0.4) is 0 Å². The summed E-state index contributed by atoms with van der Waals surface area (Å²) in [6.07, 6.45) is 5.62. The summed E-state index contributed by atoms with van der Waals surface area (Å²) in [6, 6.07) is 0. The van der Waals surface area contributed by atoms with Crippen LogP contribution >= 0.6 is 0 Å². The first-order valence-corrected chi connectivity index (χ1v) is 8.92.